The van der Waals surface area contributed by atoms with Gasteiger partial charge >= 0.3 is 0 Å². The third-order valence-corrected chi connectivity index (χ3v) is 3.66. The maximum Gasteiger partial charge on any atom is 0.123 e. The summed E-state index contributed by atoms with van der Waals surface area (Å²) in [4.78, 5) is 0. The number of ether oxygens (including phenoxy) is 1. The van der Waals surface area contributed by atoms with Crippen molar-refractivity contribution >= 4 is 0 Å². The number of halogens is 1. The molecule has 2 rings (SSSR count). The first-order valence-corrected chi connectivity index (χ1v) is 6.84. The van der Waals surface area contributed by atoms with E-state index in [1.165, 1.54) is 25.0 Å². The van der Waals surface area contributed by atoms with E-state index >= 15 is 0 Å². The Bertz CT molecular complexity index is 346. The lowest BCUT2D eigenvalue weighted by Gasteiger charge is -2.17. The van der Waals surface area contributed by atoms with Gasteiger partial charge in [-0.05, 0) is 56.8 Å². The molecule has 0 aromatic heterocycles. The van der Waals surface area contributed by atoms with Crippen LogP contribution in [0.1, 0.15) is 43.7 Å². The maximum atomic E-state index is 12.9. The standard InChI is InChI=1S/C15H22FNO/c1-17-15(12-7-9-13(16)10-8-12)6-2-4-14-5-3-11-18-14/h7-10,14-15,17H,2-6,11H2,1H3. The van der Waals surface area contributed by atoms with E-state index in [0.717, 1.165) is 31.4 Å². The Balaban J connectivity index is 1.79. The molecular weight excluding hydrogens is 229 g/mol. The van der Waals surface area contributed by atoms with Crippen molar-refractivity contribution in [3.63, 3.8) is 0 Å². The van der Waals surface area contributed by atoms with Crippen molar-refractivity contribution in [1.82, 2.24) is 5.32 Å². The van der Waals surface area contributed by atoms with Crippen LogP contribution >= 0.6 is 0 Å². The lowest BCUT2D eigenvalue weighted by molar-refractivity contribution is 0.101. The molecule has 1 N–H and O–H groups in total. The third-order valence-electron chi connectivity index (χ3n) is 3.66. The molecule has 0 spiro atoms. The van der Waals surface area contributed by atoms with Gasteiger partial charge in [-0.15, -0.1) is 0 Å². The van der Waals surface area contributed by atoms with Gasteiger partial charge in [-0.25, -0.2) is 4.39 Å². The van der Waals surface area contributed by atoms with Crippen LogP contribution < -0.4 is 5.32 Å². The first-order chi connectivity index (χ1) is 8.79. The van der Waals surface area contributed by atoms with E-state index in [-0.39, 0.29) is 5.82 Å². The summed E-state index contributed by atoms with van der Waals surface area (Å²) < 4.78 is 18.5. The van der Waals surface area contributed by atoms with Crippen LogP contribution in [0.25, 0.3) is 0 Å². The maximum absolute atomic E-state index is 12.9. The topological polar surface area (TPSA) is 21.3 Å². The minimum atomic E-state index is -0.173. The van der Waals surface area contributed by atoms with E-state index < -0.39 is 0 Å². The number of hydrogen-bond donors (Lipinski definition) is 1. The Labute approximate surface area is 109 Å². The van der Waals surface area contributed by atoms with Gasteiger partial charge in [0.1, 0.15) is 5.82 Å². The minimum Gasteiger partial charge on any atom is -0.378 e. The molecule has 18 heavy (non-hydrogen) atoms. The zero-order valence-corrected chi connectivity index (χ0v) is 11.0. The highest BCUT2D eigenvalue weighted by atomic mass is 19.1. The van der Waals surface area contributed by atoms with E-state index in [2.05, 4.69) is 5.32 Å². The van der Waals surface area contributed by atoms with Crippen LogP contribution in [0.15, 0.2) is 24.3 Å². The molecule has 0 saturated carbocycles. The van der Waals surface area contributed by atoms with Crippen molar-refractivity contribution in [3.8, 4) is 0 Å². The highest BCUT2D eigenvalue weighted by Gasteiger charge is 2.16. The summed E-state index contributed by atoms with van der Waals surface area (Å²) >= 11 is 0. The molecule has 0 bridgehead atoms. The van der Waals surface area contributed by atoms with Gasteiger partial charge in [-0.1, -0.05) is 12.1 Å². The fourth-order valence-electron chi connectivity index (χ4n) is 2.59. The Hall–Kier alpha value is -0.930. The second kappa shape index (κ2) is 6.86. The summed E-state index contributed by atoms with van der Waals surface area (Å²) in [6, 6.07) is 7.09. The molecule has 3 heteroatoms. The fraction of sp³-hybridized carbons (Fsp3) is 0.600. The van der Waals surface area contributed by atoms with E-state index in [0.29, 0.717) is 12.1 Å². The van der Waals surface area contributed by atoms with Crippen molar-refractivity contribution in [2.45, 2.75) is 44.2 Å². The molecule has 1 fully saturated rings. The SMILES string of the molecule is CNC(CCCC1CCCO1)c1ccc(F)cc1. The molecule has 0 amide bonds. The molecule has 100 valence electrons. The van der Waals surface area contributed by atoms with Crippen LogP contribution in [0.5, 0.6) is 0 Å². The molecule has 2 nitrogen and oxygen atoms in total. The molecule has 1 aromatic carbocycles. The molecule has 2 unspecified atom stereocenters. The fourth-order valence-corrected chi connectivity index (χ4v) is 2.59. The lowest BCUT2D eigenvalue weighted by atomic mass is 9.99. The van der Waals surface area contributed by atoms with E-state index in [9.17, 15) is 4.39 Å². The number of benzene rings is 1. The molecule has 2 atom stereocenters. The third kappa shape index (κ3) is 3.79. The zero-order valence-electron chi connectivity index (χ0n) is 11.0. The van der Waals surface area contributed by atoms with Crippen LogP contribution in [-0.4, -0.2) is 19.8 Å². The Morgan fingerprint density at radius 3 is 2.78 bits per heavy atom. The zero-order chi connectivity index (χ0) is 12.8. The smallest absolute Gasteiger partial charge is 0.123 e. The predicted octanol–water partition coefficient (Wildman–Crippen LogP) is 3.44. The quantitative estimate of drug-likeness (QED) is 0.836. The molecule has 1 aliphatic heterocycles. The summed E-state index contributed by atoms with van der Waals surface area (Å²) in [7, 11) is 1.96. The first-order valence-electron chi connectivity index (χ1n) is 6.84. The second-order valence-electron chi connectivity index (χ2n) is 4.96. The normalized spacial score (nSPS) is 21.1. The van der Waals surface area contributed by atoms with E-state index in [1.807, 2.05) is 19.2 Å². The average molecular weight is 251 g/mol. The van der Waals surface area contributed by atoms with Gasteiger partial charge < -0.3 is 10.1 Å². The second-order valence-corrected chi connectivity index (χ2v) is 4.96. The average Bonchev–Trinajstić information content (AvgIpc) is 2.89. The van der Waals surface area contributed by atoms with Gasteiger partial charge in [0.2, 0.25) is 0 Å². The van der Waals surface area contributed by atoms with Gasteiger partial charge in [-0.3, -0.25) is 0 Å². The van der Waals surface area contributed by atoms with Crippen molar-refractivity contribution in [1.29, 1.82) is 0 Å². The van der Waals surface area contributed by atoms with Gasteiger partial charge in [0.15, 0.2) is 0 Å². The Morgan fingerprint density at radius 2 is 2.17 bits per heavy atom. The number of hydrogen-bond acceptors (Lipinski definition) is 2. The molecule has 1 aromatic rings. The summed E-state index contributed by atoms with van der Waals surface area (Å²) in [5, 5.41) is 3.30. The van der Waals surface area contributed by atoms with Crippen LogP contribution in [0.4, 0.5) is 4.39 Å². The molecule has 1 heterocycles. The summed E-state index contributed by atoms with van der Waals surface area (Å²) in [6.07, 6.45) is 6.24. The Kier molecular flexibility index (Phi) is 5.14. The van der Waals surface area contributed by atoms with Crippen LogP contribution in [0.2, 0.25) is 0 Å². The largest absolute Gasteiger partial charge is 0.378 e. The summed E-state index contributed by atoms with van der Waals surface area (Å²) in [5.74, 6) is -0.173. The van der Waals surface area contributed by atoms with Crippen LogP contribution in [-0.2, 0) is 4.74 Å². The lowest BCUT2D eigenvalue weighted by Crippen LogP contribution is -2.17. The molecule has 0 radical (unpaired) electrons. The highest BCUT2D eigenvalue weighted by molar-refractivity contribution is 5.19. The van der Waals surface area contributed by atoms with E-state index in [1.54, 1.807) is 0 Å². The highest BCUT2D eigenvalue weighted by Crippen LogP contribution is 2.23. The monoisotopic (exact) mass is 251 g/mol. The van der Waals surface area contributed by atoms with Crippen LogP contribution in [0, 0.1) is 5.82 Å². The first kappa shape index (κ1) is 13.5. The van der Waals surface area contributed by atoms with Crippen molar-refractivity contribution in [2.24, 2.45) is 0 Å². The molecule has 1 saturated heterocycles. The molecular formula is C15H22FNO. The van der Waals surface area contributed by atoms with Gasteiger partial charge in [0.25, 0.3) is 0 Å². The van der Waals surface area contributed by atoms with E-state index in [4.69, 9.17) is 4.74 Å². The number of nitrogens with one attached hydrogen (secondary N) is 1. The summed E-state index contributed by atoms with van der Waals surface area (Å²) in [6.45, 7) is 0.929. The van der Waals surface area contributed by atoms with Crippen molar-refractivity contribution < 1.29 is 9.13 Å². The van der Waals surface area contributed by atoms with Crippen molar-refractivity contribution in [2.75, 3.05) is 13.7 Å². The minimum absolute atomic E-state index is 0.173. The number of rotatable bonds is 6. The molecule has 1 aliphatic rings. The van der Waals surface area contributed by atoms with Crippen molar-refractivity contribution in [3.05, 3.63) is 35.6 Å². The van der Waals surface area contributed by atoms with Gasteiger partial charge in [-0.2, -0.15) is 0 Å². The molecule has 0 aliphatic carbocycles. The predicted molar refractivity (Wildman–Crippen MR) is 71.0 cm³/mol. The van der Waals surface area contributed by atoms with Gasteiger partial charge in [0, 0.05) is 12.6 Å². The summed E-state index contributed by atoms with van der Waals surface area (Å²) in [5.41, 5.74) is 1.16. The van der Waals surface area contributed by atoms with Crippen LogP contribution in [0.3, 0.4) is 0 Å². The van der Waals surface area contributed by atoms with Gasteiger partial charge in [0.05, 0.1) is 6.10 Å². The Morgan fingerprint density at radius 1 is 1.39 bits per heavy atom.